The quantitative estimate of drug-likeness (QED) is 0.477. The average Bonchev–Trinajstić information content (AvgIpc) is 2.69. The van der Waals surface area contributed by atoms with Gasteiger partial charge in [0.2, 0.25) is 5.16 Å². The number of carboxylic acid groups (broad SMARTS) is 1. The Morgan fingerprint density at radius 2 is 2.17 bits per heavy atom. The van der Waals surface area contributed by atoms with Crippen molar-refractivity contribution in [2.24, 2.45) is 0 Å². The van der Waals surface area contributed by atoms with Gasteiger partial charge in [0.15, 0.2) is 5.82 Å². The van der Waals surface area contributed by atoms with E-state index in [-0.39, 0.29) is 5.75 Å². The number of rotatable bonds is 4. The molecular formula is C10H9IN4O2S. The highest BCUT2D eigenvalue weighted by molar-refractivity contribution is 14.1. The number of nitrogen functional groups attached to an aromatic ring is 1. The Labute approximate surface area is 121 Å². The molecule has 1 aromatic carbocycles. The fraction of sp³-hybridized carbons (Fsp3) is 0.100. The molecule has 0 aliphatic heterocycles. The van der Waals surface area contributed by atoms with Crippen molar-refractivity contribution in [3.05, 3.63) is 27.8 Å². The summed E-state index contributed by atoms with van der Waals surface area (Å²) in [6, 6.07) is 7.63. The van der Waals surface area contributed by atoms with Gasteiger partial charge in [-0.2, -0.15) is 0 Å². The lowest BCUT2D eigenvalue weighted by molar-refractivity contribution is -0.133. The molecule has 1 heterocycles. The maximum Gasteiger partial charge on any atom is 0.313 e. The maximum atomic E-state index is 10.5. The molecule has 0 spiro atoms. The lowest BCUT2D eigenvalue weighted by Gasteiger charge is -2.04. The lowest BCUT2D eigenvalue weighted by Crippen LogP contribution is -2.12. The van der Waals surface area contributed by atoms with Gasteiger partial charge in [0.05, 0.1) is 5.75 Å². The highest BCUT2D eigenvalue weighted by Crippen LogP contribution is 2.25. The van der Waals surface area contributed by atoms with E-state index in [2.05, 4.69) is 32.8 Å². The number of aliphatic carboxylic acids is 1. The number of hydrogen-bond donors (Lipinski definition) is 2. The van der Waals surface area contributed by atoms with E-state index < -0.39 is 5.97 Å². The van der Waals surface area contributed by atoms with E-state index in [1.54, 1.807) is 0 Å². The third-order valence-electron chi connectivity index (χ3n) is 2.10. The highest BCUT2D eigenvalue weighted by atomic mass is 127. The summed E-state index contributed by atoms with van der Waals surface area (Å²) in [5, 5.41) is 16.9. The summed E-state index contributed by atoms with van der Waals surface area (Å²) >= 11 is 3.22. The number of halogens is 1. The second-order valence-electron chi connectivity index (χ2n) is 3.34. The molecule has 0 fully saturated rings. The first-order valence-corrected chi connectivity index (χ1v) is 6.96. The Bertz CT molecular complexity index is 587. The van der Waals surface area contributed by atoms with Crippen LogP contribution in [0.3, 0.4) is 0 Å². The van der Waals surface area contributed by atoms with Gasteiger partial charge in [-0.3, -0.25) is 4.79 Å². The zero-order valence-electron chi connectivity index (χ0n) is 9.08. The predicted molar refractivity (Wildman–Crippen MR) is 76.7 cm³/mol. The fourth-order valence-corrected chi connectivity index (χ4v) is 2.53. The molecule has 18 heavy (non-hydrogen) atoms. The van der Waals surface area contributed by atoms with Crippen molar-refractivity contribution in [2.75, 3.05) is 11.6 Å². The molecule has 0 aliphatic carbocycles. The molecule has 0 saturated heterocycles. The largest absolute Gasteiger partial charge is 0.481 e. The first-order valence-electron chi connectivity index (χ1n) is 4.89. The first-order chi connectivity index (χ1) is 8.59. The van der Waals surface area contributed by atoms with Gasteiger partial charge < -0.3 is 10.9 Å². The van der Waals surface area contributed by atoms with Crippen molar-refractivity contribution >= 4 is 40.3 Å². The van der Waals surface area contributed by atoms with Gasteiger partial charge in [0.1, 0.15) is 0 Å². The number of hydrogen-bond acceptors (Lipinski definition) is 5. The normalized spacial score (nSPS) is 10.5. The van der Waals surface area contributed by atoms with Gasteiger partial charge in [0.25, 0.3) is 0 Å². The molecule has 0 unspecified atom stereocenters. The molecule has 0 atom stereocenters. The van der Waals surface area contributed by atoms with Crippen LogP contribution in [-0.4, -0.2) is 31.7 Å². The Morgan fingerprint density at radius 1 is 1.44 bits per heavy atom. The lowest BCUT2D eigenvalue weighted by atomic mass is 10.2. The third kappa shape index (κ3) is 2.75. The molecule has 0 radical (unpaired) electrons. The van der Waals surface area contributed by atoms with Crippen LogP contribution < -0.4 is 5.84 Å². The Kier molecular flexibility index (Phi) is 4.07. The summed E-state index contributed by atoms with van der Waals surface area (Å²) in [5.74, 6) is 5.37. The van der Waals surface area contributed by atoms with E-state index in [0.29, 0.717) is 11.0 Å². The van der Waals surface area contributed by atoms with Crippen LogP contribution in [0.4, 0.5) is 0 Å². The summed E-state index contributed by atoms with van der Waals surface area (Å²) in [6.45, 7) is 0. The van der Waals surface area contributed by atoms with E-state index in [1.807, 2.05) is 24.3 Å². The topological polar surface area (TPSA) is 94.0 Å². The molecule has 0 saturated carbocycles. The van der Waals surface area contributed by atoms with Gasteiger partial charge in [-0.1, -0.05) is 30.0 Å². The Morgan fingerprint density at radius 3 is 2.83 bits per heavy atom. The second kappa shape index (κ2) is 5.57. The van der Waals surface area contributed by atoms with Crippen molar-refractivity contribution in [3.8, 4) is 11.4 Å². The van der Waals surface area contributed by atoms with Gasteiger partial charge >= 0.3 is 5.97 Å². The van der Waals surface area contributed by atoms with Crippen molar-refractivity contribution < 1.29 is 9.90 Å². The van der Waals surface area contributed by atoms with Crippen molar-refractivity contribution in [1.29, 1.82) is 0 Å². The molecule has 0 bridgehead atoms. The minimum absolute atomic E-state index is 0.0960. The van der Waals surface area contributed by atoms with Gasteiger partial charge in [-0.25, -0.2) is 4.68 Å². The monoisotopic (exact) mass is 376 g/mol. The molecular weight excluding hydrogens is 367 g/mol. The summed E-state index contributed by atoms with van der Waals surface area (Å²) in [4.78, 5) is 10.5. The van der Waals surface area contributed by atoms with Crippen LogP contribution in [0.25, 0.3) is 11.4 Å². The standard InChI is InChI=1S/C10H9IN4O2S/c11-7-4-2-1-3-6(7)9-13-14-10(15(9)12)18-5-8(16)17/h1-4H,5,12H2,(H,16,17). The van der Waals surface area contributed by atoms with Gasteiger partial charge in [-0.05, 0) is 28.7 Å². The zero-order valence-corrected chi connectivity index (χ0v) is 12.1. The van der Waals surface area contributed by atoms with E-state index >= 15 is 0 Å². The number of nitrogens with two attached hydrogens (primary N) is 1. The first kappa shape index (κ1) is 13.1. The van der Waals surface area contributed by atoms with E-state index in [9.17, 15) is 4.79 Å². The average molecular weight is 376 g/mol. The molecule has 0 amide bonds. The number of nitrogens with zero attached hydrogens (tertiary/aromatic N) is 3. The summed E-state index contributed by atoms with van der Waals surface area (Å²) in [6.07, 6.45) is 0. The van der Waals surface area contributed by atoms with Crippen LogP contribution in [-0.2, 0) is 4.79 Å². The number of benzene rings is 1. The highest BCUT2D eigenvalue weighted by Gasteiger charge is 2.14. The summed E-state index contributed by atoms with van der Waals surface area (Å²) < 4.78 is 2.31. The van der Waals surface area contributed by atoms with Crippen LogP contribution in [0.1, 0.15) is 0 Å². The molecule has 2 aromatic rings. The molecule has 3 N–H and O–H groups in total. The molecule has 6 nitrogen and oxygen atoms in total. The second-order valence-corrected chi connectivity index (χ2v) is 5.44. The van der Waals surface area contributed by atoms with Crippen LogP contribution in [0.15, 0.2) is 29.4 Å². The molecule has 2 rings (SSSR count). The van der Waals surface area contributed by atoms with Crippen LogP contribution in [0.5, 0.6) is 0 Å². The number of carboxylic acids is 1. The minimum Gasteiger partial charge on any atom is -0.481 e. The van der Waals surface area contributed by atoms with Gasteiger partial charge in [-0.15, -0.1) is 10.2 Å². The van der Waals surface area contributed by atoms with E-state index in [0.717, 1.165) is 20.9 Å². The Hall–Kier alpha value is -1.29. The van der Waals surface area contributed by atoms with Crippen molar-refractivity contribution in [2.45, 2.75) is 5.16 Å². The minimum atomic E-state index is -0.918. The fourth-order valence-electron chi connectivity index (χ4n) is 1.33. The predicted octanol–water partition coefficient (Wildman–Crippen LogP) is 1.44. The summed E-state index contributed by atoms with van der Waals surface area (Å²) in [5.41, 5.74) is 0.871. The molecule has 0 aliphatic rings. The SMILES string of the molecule is Nn1c(SCC(=O)O)nnc1-c1ccccc1I. The van der Waals surface area contributed by atoms with E-state index in [4.69, 9.17) is 10.9 Å². The zero-order chi connectivity index (χ0) is 13.1. The van der Waals surface area contributed by atoms with Crippen LogP contribution in [0.2, 0.25) is 0 Å². The molecule has 1 aromatic heterocycles. The van der Waals surface area contributed by atoms with Crippen molar-refractivity contribution in [1.82, 2.24) is 14.9 Å². The van der Waals surface area contributed by atoms with Crippen molar-refractivity contribution in [3.63, 3.8) is 0 Å². The third-order valence-corrected chi connectivity index (χ3v) is 3.97. The van der Waals surface area contributed by atoms with Crippen LogP contribution >= 0.6 is 34.4 Å². The number of carbonyl (C=O) groups is 1. The number of aromatic nitrogens is 3. The van der Waals surface area contributed by atoms with E-state index in [1.165, 1.54) is 4.68 Å². The Balaban J connectivity index is 2.31. The van der Waals surface area contributed by atoms with Crippen LogP contribution in [0, 0.1) is 3.57 Å². The molecule has 8 heteroatoms. The molecule has 94 valence electrons. The number of thioether (sulfide) groups is 1. The maximum absolute atomic E-state index is 10.5. The van der Waals surface area contributed by atoms with Gasteiger partial charge in [0, 0.05) is 9.13 Å². The smallest absolute Gasteiger partial charge is 0.313 e. The summed E-state index contributed by atoms with van der Waals surface area (Å²) in [7, 11) is 0.